The molecule has 17 heavy (non-hydrogen) atoms. The third-order valence-electron chi connectivity index (χ3n) is 2.33. The van der Waals surface area contributed by atoms with Crippen LogP contribution in [0.15, 0.2) is 24.3 Å². The molecular weight excluding hydrogens is 218 g/mol. The van der Waals surface area contributed by atoms with Crippen LogP contribution < -0.4 is 0 Å². The van der Waals surface area contributed by atoms with Crippen LogP contribution in [0.3, 0.4) is 0 Å². The number of carboxylic acid groups (broad SMARTS) is 1. The topological polar surface area (TPSA) is 73.6 Å². The quantitative estimate of drug-likeness (QED) is 0.813. The minimum absolute atomic E-state index is 0.141. The van der Waals surface area contributed by atoms with Crippen LogP contribution in [-0.2, 0) is 4.74 Å². The van der Waals surface area contributed by atoms with Gasteiger partial charge in [-0.25, -0.2) is 4.79 Å². The first kappa shape index (κ1) is 13.2. The molecule has 1 unspecified atom stereocenters. The number of nitrogens with zero attached hydrogens (tertiary/aromatic N) is 1. The largest absolute Gasteiger partial charge is 0.478 e. The van der Waals surface area contributed by atoms with Crippen LogP contribution >= 0.6 is 0 Å². The number of ether oxygens (including phenoxy) is 1. The first-order chi connectivity index (χ1) is 8.19. The Morgan fingerprint density at radius 1 is 1.47 bits per heavy atom. The molecule has 1 atom stereocenters. The number of hydrogen-bond acceptors (Lipinski definition) is 3. The summed E-state index contributed by atoms with van der Waals surface area (Å²) in [6.07, 6.45) is 0.739. The number of epoxide rings is 1. The average Bonchev–Trinajstić information content (AvgIpc) is 3.19. The Hall–Kier alpha value is -1.86. The maximum Gasteiger partial charge on any atom is 0.335 e. The standard InChI is InChI=1S/C11H11NO2.C2H4O/c1-2-8(7-12)9-3-5-10(6-4-9)11(13)14;1-2-3-1/h3-6,8H,2H2,1H3,(H,13,14);1-2H2. The third kappa shape index (κ3) is 4.66. The molecule has 1 heterocycles. The zero-order chi connectivity index (χ0) is 12.7. The van der Waals surface area contributed by atoms with Crippen LogP contribution in [-0.4, -0.2) is 24.3 Å². The number of hydrogen-bond donors (Lipinski definition) is 1. The van der Waals surface area contributed by atoms with Crippen molar-refractivity contribution in [2.45, 2.75) is 19.3 Å². The average molecular weight is 233 g/mol. The van der Waals surface area contributed by atoms with Crippen molar-refractivity contribution in [2.75, 3.05) is 13.2 Å². The van der Waals surface area contributed by atoms with E-state index in [0.29, 0.717) is 0 Å². The Kier molecular flexibility index (Phi) is 5.18. The van der Waals surface area contributed by atoms with Crippen molar-refractivity contribution < 1.29 is 14.6 Å². The fourth-order valence-electron chi connectivity index (χ4n) is 1.26. The lowest BCUT2D eigenvalue weighted by atomic mass is 9.97. The van der Waals surface area contributed by atoms with E-state index in [1.54, 1.807) is 12.1 Å². The molecule has 0 aliphatic carbocycles. The summed E-state index contributed by atoms with van der Waals surface area (Å²) in [5, 5.41) is 17.5. The van der Waals surface area contributed by atoms with E-state index < -0.39 is 5.97 Å². The maximum absolute atomic E-state index is 10.6. The molecule has 4 nitrogen and oxygen atoms in total. The van der Waals surface area contributed by atoms with Crippen molar-refractivity contribution in [3.63, 3.8) is 0 Å². The molecule has 0 aromatic heterocycles. The van der Waals surface area contributed by atoms with Gasteiger partial charge < -0.3 is 9.84 Å². The second-order valence-corrected chi connectivity index (χ2v) is 3.63. The van der Waals surface area contributed by atoms with E-state index in [0.717, 1.165) is 25.2 Å². The number of nitriles is 1. The van der Waals surface area contributed by atoms with Gasteiger partial charge in [0, 0.05) is 0 Å². The van der Waals surface area contributed by atoms with Gasteiger partial charge in [0.2, 0.25) is 0 Å². The number of aromatic carboxylic acids is 1. The lowest BCUT2D eigenvalue weighted by Gasteiger charge is -2.05. The molecule has 1 N–H and O–H groups in total. The smallest absolute Gasteiger partial charge is 0.335 e. The van der Waals surface area contributed by atoms with Gasteiger partial charge in [-0.15, -0.1) is 0 Å². The molecule has 0 saturated carbocycles. The van der Waals surface area contributed by atoms with Crippen molar-refractivity contribution in [1.82, 2.24) is 0 Å². The Labute approximate surface area is 100 Å². The van der Waals surface area contributed by atoms with Gasteiger partial charge in [0.25, 0.3) is 0 Å². The molecule has 1 aromatic carbocycles. The Balaban J connectivity index is 0.000000415. The van der Waals surface area contributed by atoms with Gasteiger partial charge in [-0.3, -0.25) is 0 Å². The van der Waals surface area contributed by atoms with E-state index in [4.69, 9.17) is 10.4 Å². The van der Waals surface area contributed by atoms with E-state index in [1.165, 1.54) is 12.1 Å². The molecule has 0 amide bonds. The van der Waals surface area contributed by atoms with Crippen LogP contribution in [0, 0.1) is 11.3 Å². The minimum atomic E-state index is -0.943. The highest BCUT2D eigenvalue weighted by molar-refractivity contribution is 5.87. The van der Waals surface area contributed by atoms with Crippen molar-refractivity contribution in [3.8, 4) is 6.07 Å². The monoisotopic (exact) mass is 233 g/mol. The number of carbonyl (C=O) groups is 1. The highest BCUT2D eigenvalue weighted by Gasteiger charge is 2.08. The number of rotatable bonds is 3. The fourth-order valence-corrected chi connectivity index (χ4v) is 1.26. The van der Waals surface area contributed by atoms with Crippen LogP contribution in [0.1, 0.15) is 35.2 Å². The van der Waals surface area contributed by atoms with Gasteiger partial charge in [-0.05, 0) is 24.1 Å². The van der Waals surface area contributed by atoms with Crippen molar-refractivity contribution >= 4 is 5.97 Å². The van der Waals surface area contributed by atoms with Crippen LogP contribution in [0.4, 0.5) is 0 Å². The minimum Gasteiger partial charge on any atom is -0.478 e. The first-order valence-corrected chi connectivity index (χ1v) is 5.49. The predicted molar refractivity (Wildman–Crippen MR) is 62.9 cm³/mol. The molecular formula is C13H15NO3. The van der Waals surface area contributed by atoms with Crippen molar-refractivity contribution in [1.29, 1.82) is 5.26 Å². The van der Waals surface area contributed by atoms with Gasteiger partial charge in [0.1, 0.15) is 0 Å². The van der Waals surface area contributed by atoms with Crippen LogP contribution in [0.2, 0.25) is 0 Å². The maximum atomic E-state index is 10.6. The molecule has 1 saturated heterocycles. The summed E-state index contributed by atoms with van der Waals surface area (Å²) in [6, 6.07) is 8.61. The zero-order valence-electron chi connectivity index (χ0n) is 9.72. The molecule has 0 spiro atoms. The van der Waals surface area contributed by atoms with E-state index in [1.807, 2.05) is 6.92 Å². The predicted octanol–water partition coefficient (Wildman–Crippen LogP) is 2.42. The third-order valence-corrected chi connectivity index (χ3v) is 2.33. The molecule has 1 aliphatic heterocycles. The normalized spacial score (nSPS) is 13.9. The SMILES string of the molecule is C1CO1.CCC(C#N)c1ccc(C(=O)O)cc1. The Bertz CT molecular complexity index is 401. The molecule has 1 fully saturated rings. The lowest BCUT2D eigenvalue weighted by molar-refractivity contribution is 0.0697. The molecule has 0 radical (unpaired) electrons. The number of benzene rings is 1. The molecule has 1 aliphatic rings. The second-order valence-electron chi connectivity index (χ2n) is 3.63. The summed E-state index contributed by atoms with van der Waals surface area (Å²) in [5.41, 5.74) is 1.13. The Morgan fingerprint density at radius 3 is 2.29 bits per heavy atom. The lowest BCUT2D eigenvalue weighted by Crippen LogP contribution is -1.98. The van der Waals surface area contributed by atoms with E-state index in [-0.39, 0.29) is 11.5 Å². The first-order valence-electron chi connectivity index (χ1n) is 5.49. The molecule has 0 bridgehead atoms. The number of carboxylic acids is 1. The molecule has 4 heteroatoms. The highest BCUT2D eigenvalue weighted by Crippen LogP contribution is 2.18. The second kappa shape index (κ2) is 6.66. The summed E-state index contributed by atoms with van der Waals surface area (Å²) in [7, 11) is 0. The van der Waals surface area contributed by atoms with E-state index in [9.17, 15) is 4.79 Å². The van der Waals surface area contributed by atoms with Crippen molar-refractivity contribution in [3.05, 3.63) is 35.4 Å². The van der Waals surface area contributed by atoms with Crippen LogP contribution in [0.25, 0.3) is 0 Å². The highest BCUT2D eigenvalue weighted by atomic mass is 16.6. The van der Waals surface area contributed by atoms with E-state index in [2.05, 4.69) is 10.8 Å². The van der Waals surface area contributed by atoms with Crippen LogP contribution in [0.5, 0.6) is 0 Å². The van der Waals surface area contributed by atoms with Crippen molar-refractivity contribution in [2.24, 2.45) is 0 Å². The summed E-state index contributed by atoms with van der Waals surface area (Å²) in [6.45, 7) is 3.93. The van der Waals surface area contributed by atoms with Gasteiger partial charge in [-0.2, -0.15) is 5.26 Å². The molecule has 90 valence electrons. The van der Waals surface area contributed by atoms with Gasteiger partial charge in [0.15, 0.2) is 0 Å². The zero-order valence-corrected chi connectivity index (χ0v) is 9.72. The molecule has 2 rings (SSSR count). The van der Waals surface area contributed by atoms with Gasteiger partial charge in [0.05, 0.1) is 30.8 Å². The molecule has 1 aromatic rings. The summed E-state index contributed by atoms with van der Waals surface area (Å²) in [5.74, 6) is -1.08. The summed E-state index contributed by atoms with van der Waals surface area (Å²) < 4.78 is 4.50. The summed E-state index contributed by atoms with van der Waals surface area (Å²) >= 11 is 0. The van der Waals surface area contributed by atoms with Gasteiger partial charge >= 0.3 is 5.97 Å². The fraction of sp³-hybridized carbons (Fsp3) is 0.385. The Morgan fingerprint density at radius 2 is 2.00 bits per heavy atom. The van der Waals surface area contributed by atoms with Gasteiger partial charge in [-0.1, -0.05) is 19.1 Å². The van der Waals surface area contributed by atoms with E-state index >= 15 is 0 Å². The summed E-state index contributed by atoms with van der Waals surface area (Å²) in [4.78, 5) is 10.6.